The van der Waals surface area contributed by atoms with E-state index in [0.717, 1.165) is 4.90 Å². The zero-order valence-corrected chi connectivity index (χ0v) is 6.60. The number of rotatable bonds is 1. The minimum absolute atomic E-state index is 0.210. The standard InChI is InChI=1S/C7H6BNO4/c8-4-2-1-3(10)9(2)5(6(4)11)7(12)13/h2,4,11H,1H2,(H,12,13). The Hall–Kier alpha value is -1.46. The van der Waals surface area contributed by atoms with Gasteiger partial charge in [0.15, 0.2) is 5.70 Å². The van der Waals surface area contributed by atoms with Crippen molar-refractivity contribution in [1.82, 2.24) is 4.90 Å². The summed E-state index contributed by atoms with van der Waals surface area (Å²) >= 11 is 0. The van der Waals surface area contributed by atoms with Gasteiger partial charge in [-0.25, -0.2) is 4.79 Å². The molecule has 0 bridgehead atoms. The first kappa shape index (κ1) is 8.16. The van der Waals surface area contributed by atoms with Gasteiger partial charge >= 0.3 is 5.97 Å². The molecule has 6 heteroatoms. The third-order valence-corrected chi connectivity index (χ3v) is 2.40. The van der Waals surface area contributed by atoms with Gasteiger partial charge in [-0.15, -0.1) is 0 Å². The molecule has 2 unspecified atom stereocenters. The molecule has 0 saturated carbocycles. The van der Waals surface area contributed by atoms with Crippen LogP contribution in [0.1, 0.15) is 6.42 Å². The van der Waals surface area contributed by atoms with Crippen LogP contribution < -0.4 is 0 Å². The number of hydrogen-bond donors (Lipinski definition) is 2. The highest BCUT2D eigenvalue weighted by molar-refractivity contribution is 6.17. The van der Waals surface area contributed by atoms with E-state index in [9.17, 15) is 14.7 Å². The molecule has 0 spiro atoms. The Kier molecular flexibility index (Phi) is 1.43. The maximum atomic E-state index is 11.0. The van der Waals surface area contributed by atoms with Crippen molar-refractivity contribution in [3.63, 3.8) is 0 Å². The van der Waals surface area contributed by atoms with Crippen molar-refractivity contribution < 1.29 is 19.8 Å². The van der Waals surface area contributed by atoms with E-state index in [-0.39, 0.29) is 24.1 Å². The molecule has 13 heavy (non-hydrogen) atoms. The van der Waals surface area contributed by atoms with Crippen molar-refractivity contribution in [2.75, 3.05) is 0 Å². The SMILES string of the molecule is [B]C1C(O)=C(C(=O)O)N2C(=O)CC12. The molecular weight excluding hydrogens is 173 g/mol. The van der Waals surface area contributed by atoms with E-state index >= 15 is 0 Å². The smallest absolute Gasteiger partial charge is 0.356 e. The number of carbonyl (C=O) groups is 2. The fourth-order valence-electron chi connectivity index (χ4n) is 1.70. The molecule has 0 aliphatic carbocycles. The molecule has 5 nitrogen and oxygen atoms in total. The minimum atomic E-state index is -1.32. The Labute approximate surface area is 75.1 Å². The molecule has 2 heterocycles. The molecule has 2 atom stereocenters. The minimum Gasteiger partial charge on any atom is -0.510 e. The molecule has 2 aliphatic heterocycles. The Bertz CT molecular complexity index is 337. The largest absolute Gasteiger partial charge is 0.510 e. The van der Waals surface area contributed by atoms with Gasteiger partial charge in [-0.3, -0.25) is 9.69 Å². The van der Waals surface area contributed by atoms with Crippen LogP contribution in [0.4, 0.5) is 0 Å². The summed E-state index contributed by atoms with van der Waals surface area (Å²) < 4.78 is 0. The van der Waals surface area contributed by atoms with E-state index in [0.29, 0.717) is 0 Å². The molecule has 2 aliphatic rings. The monoisotopic (exact) mass is 179 g/mol. The second kappa shape index (κ2) is 2.28. The summed E-state index contributed by atoms with van der Waals surface area (Å²) in [5.74, 6) is -2.77. The number of carboxylic acid groups (broad SMARTS) is 1. The van der Waals surface area contributed by atoms with Crippen LogP contribution in [0.15, 0.2) is 11.5 Å². The molecule has 66 valence electrons. The van der Waals surface area contributed by atoms with Gasteiger partial charge in [0, 0.05) is 18.3 Å². The molecule has 2 rings (SSSR count). The van der Waals surface area contributed by atoms with Crippen LogP contribution in [0.5, 0.6) is 0 Å². The average Bonchev–Trinajstić information content (AvgIpc) is 2.24. The molecule has 0 aromatic carbocycles. The topological polar surface area (TPSA) is 77.8 Å². The van der Waals surface area contributed by atoms with Gasteiger partial charge in [-0.2, -0.15) is 0 Å². The predicted molar refractivity (Wildman–Crippen MR) is 42.0 cm³/mol. The fourth-order valence-corrected chi connectivity index (χ4v) is 1.70. The van der Waals surface area contributed by atoms with E-state index in [4.69, 9.17) is 13.0 Å². The van der Waals surface area contributed by atoms with Gasteiger partial charge in [-0.05, 0) is 0 Å². The third-order valence-electron chi connectivity index (χ3n) is 2.40. The highest BCUT2D eigenvalue weighted by Crippen LogP contribution is 2.43. The zero-order chi connectivity index (χ0) is 9.75. The molecule has 2 radical (unpaired) electrons. The van der Waals surface area contributed by atoms with Crippen molar-refractivity contribution in [3.8, 4) is 0 Å². The van der Waals surface area contributed by atoms with Crippen molar-refractivity contribution in [3.05, 3.63) is 11.5 Å². The first-order chi connectivity index (χ1) is 6.04. The molecule has 1 saturated heterocycles. The van der Waals surface area contributed by atoms with Gasteiger partial charge in [-0.1, -0.05) is 0 Å². The fraction of sp³-hybridized carbons (Fsp3) is 0.429. The molecule has 1 fully saturated rings. The summed E-state index contributed by atoms with van der Waals surface area (Å²) in [7, 11) is 5.49. The summed E-state index contributed by atoms with van der Waals surface area (Å²) in [6.07, 6.45) is 0.210. The number of aliphatic hydroxyl groups is 1. The number of β-lactam (4-membered cyclic amide) rings is 1. The summed E-state index contributed by atoms with van der Waals surface area (Å²) in [5.41, 5.74) is -0.367. The van der Waals surface area contributed by atoms with Crippen molar-refractivity contribution in [2.24, 2.45) is 0 Å². The van der Waals surface area contributed by atoms with Gasteiger partial charge in [0.05, 0.1) is 7.85 Å². The Morgan fingerprint density at radius 3 is 2.62 bits per heavy atom. The van der Waals surface area contributed by atoms with E-state index in [2.05, 4.69) is 0 Å². The molecule has 0 aromatic heterocycles. The number of aliphatic carboxylic acids is 1. The quantitative estimate of drug-likeness (QED) is 0.416. The number of amides is 1. The zero-order valence-electron chi connectivity index (χ0n) is 6.60. The van der Waals surface area contributed by atoms with Crippen LogP contribution in [0.2, 0.25) is 5.82 Å². The van der Waals surface area contributed by atoms with Crippen molar-refractivity contribution in [2.45, 2.75) is 18.3 Å². The second-order valence-electron chi connectivity index (χ2n) is 3.10. The van der Waals surface area contributed by atoms with Gasteiger partial charge in [0.25, 0.3) is 0 Å². The maximum Gasteiger partial charge on any atom is 0.356 e. The van der Waals surface area contributed by atoms with Gasteiger partial charge in [0.2, 0.25) is 5.91 Å². The van der Waals surface area contributed by atoms with Gasteiger partial charge in [0.1, 0.15) is 5.76 Å². The lowest BCUT2D eigenvalue weighted by molar-refractivity contribution is -0.147. The number of fused-ring (bicyclic) bond motifs is 1. The number of carbonyl (C=O) groups excluding carboxylic acids is 1. The van der Waals surface area contributed by atoms with Crippen LogP contribution in [-0.2, 0) is 9.59 Å². The van der Waals surface area contributed by atoms with Crippen molar-refractivity contribution in [1.29, 1.82) is 0 Å². The highest BCUT2D eigenvalue weighted by Gasteiger charge is 2.51. The number of carboxylic acids is 1. The summed E-state index contributed by atoms with van der Waals surface area (Å²) in [6.45, 7) is 0. The van der Waals surface area contributed by atoms with Crippen LogP contribution >= 0.6 is 0 Å². The lowest BCUT2D eigenvalue weighted by atomic mass is 9.77. The first-order valence-corrected chi connectivity index (χ1v) is 3.78. The van der Waals surface area contributed by atoms with Crippen LogP contribution in [0.3, 0.4) is 0 Å². The van der Waals surface area contributed by atoms with Crippen LogP contribution in [-0.4, -0.2) is 40.9 Å². The third kappa shape index (κ3) is 0.825. The summed E-state index contributed by atoms with van der Waals surface area (Å²) in [5, 5.41) is 18.0. The second-order valence-corrected chi connectivity index (χ2v) is 3.10. The van der Waals surface area contributed by atoms with Crippen LogP contribution in [0.25, 0.3) is 0 Å². The first-order valence-electron chi connectivity index (χ1n) is 3.78. The summed E-state index contributed by atoms with van der Waals surface area (Å²) in [4.78, 5) is 22.6. The normalized spacial score (nSPS) is 31.7. The number of hydrogen-bond acceptors (Lipinski definition) is 3. The Balaban J connectivity index is 2.41. The van der Waals surface area contributed by atoms with Crippen molar-refractivity contribution >= 4 is 19.7 Å². The molecule has 0 aromatic rings. The number of aliphatic hydroxyl groups excluding tert-OH is 1. The highest BCUT2D eigenvalue weighted by atomic mass is 16.4. The maximum absolute atomic E-state index is 11.0. The summed E-state index contributed by atoms with van der Waals surface area (Å²) in [6, 6.07) is -0.362. The predicted octanol–water partition coefficient (Wildman–Crippen LogP) is -0.588. The average molecular weight is 179 g/mol. The van der Waals surface area contributed by atoms with Crippen LogP contribution in [0, 0.1) is 0 Å². The lowest BCUT2D eigenvalue weighted by Gasteiger charge is -2.37. The Morgan fingerprint density at radius 2 is 2.23 bits per heavy atom. The van der Waals surface area contributed by atoms with E-state index in [1.165, 1.54) is 0 Å². The van der Waals surface area contributed by atoms with E-state index in [1.54, 1.807) is 0 Å². The molecule has 1 amide bonds. The van der Waals surface area contributed by atoms with E-state index < -0.39 is 17.5 Å². The Morgan fingerprint density at radius 1 is 1.62 bits per heavy atom. The molecular formula is C7H6BNO4. The lowest BCUT2D eigenvalue weighted by Crippen LogP contribution is -2.51. The molecule has 2 N–H and O–H groups in total. The van der Waals surface area contributed by atoms with E-state index in [1.807, 2.05) is 0 Å². The van der Waals surface area contributed by atoms with Gasteiger partial charge < -0.3 is 10.2 Å². The number of nitrogens with zero attached hydrogens (tertiary/aromatic N) is 1.